The molecule has 0 bridgehead atoms. The maximum atomic E-state index is 14.0. The molecular weight excluding hydrogens is 429 g/mol. The zero-order valence-electron chi connectivity index (χ0n) is 17.9. The quantitative estimate of drug-likeness (QED) is 0.477. The molecule has 1 saturated carbocycles. The lowest BCUT2D eigenvalue weighted by Gasteiger charge is -2.31. The van der Waals surface area contributed by atoms with Crippen LogP contribution in [0.1, 0.15) is 61.6 Å². The van der Waals surface area contributed by atoms with E-state index in [1.165, 1.54) is 22.7 Å². The lowest BCUT2D eigenvalue weighted by Crippen LogP contribution is -2.23. The number of para-hydroxylation sites is 1. The molecule has 0 spiro atoms. The molecule has 0 amide bonds. The lowest BCUT2D eigenvalue weighted by atomic mass is 9.76. The number of carboxylic acids is 1. The first-order valence-electron chi connectivity index (χ1n) is 11.4. The first kappa shape index (κ1) is 21.5. The van der Waals surface area contributed by atoms with E-state index in [2.05, 4.69) is 22.8 Å². The summed E-state index contributed by atoms with van der Waals surface area (Å²) in [5.41, 5.74) is 4.54. The average molecular weight is 456 g/mol. The molecule has 2 aliphatic rings. The molecule has 5 rings (SSSR count). The topological polar surface area (TPSA) is 51.5 Å². The molecule has 1 saturated heterocycles. The summed E-state index contributed by atoms with van der Waals surface area (Å²) in [5, 5.41) is 10.8. The van der Waals surface area contributed by atoms with Crippen LogP contribution in [0.15, 0.2) is 42.5 Å². The SMILES string of the molecule is O=C(O)C1CCC(c2c(C3CCOCC3)n(-c3ccc(F)c(Cl)c3)c3ccccc23)CC1. The number of carboxylic acid groups (broad SMARTS) is 1. The fraction of sp³-hybridized carbons (Fsp3) is 0.423. The molecule has 6 heteroatoms. The summed E-state index contributed by atoms with van der Waals surface area (Å²) in [6, 6.07) is 13.3. The van der Waals surface area contributed by atoms with Gasteiger partial charge in [-0.3, -0.25) is 4.79 Å². The van der Waals surface area contributed by atoms with E-state index in [-0.39, 0.29) is 10.9 Å². The second-order valence-corrected chi connectivity index (χ2v) is 9.43. The smallest absolute Gasteiger partial charge is 0.306 e. The fourth-order valence-electron chi connectivity index (χ4n) is 5.62. The molecule has 1 aromatic heterocycles. The highest BCUT2D eigenvalue weighted by atomic mass is 35.5. The van der Waals surface area contributed by atoms with Crippen LogP contribution in [0.25, 0.3) is 16.6 Å². The van der Waals surface area contributed by atoms with E-state index in [9.17, 15) is 14.3 Å². The van der Waals surface area contributed by atoms with Crippen molar-refractivity contribution >= 4 is 28.5 Å². The molecule has 3 aromatic rings. The molecule has 2 heterocycles. The number of nitrogens with zero attached hydrogens (tertiary/aromatic N) is 1. The molecular formula is C26H27ClFNO3. The molecule has 32 heavy (non-hydrogen) atoms. The Morgan fingerprint density at radius 3 is 2.41 bits per heavy atom. The third kappa shape index (κ3) is 3.82. The predicted octanol–water partition coefficient (Wildman–Crippen LogP) is 6.68. The van der Waals surface area contributed by atoms with E-state index in [4.69, 9.17) is 16.3 Å². The number of carbonyl (C=O) groups is 1. The van der Waals surface area contributed by atoms with Crippen molar-refractivity contribution in [1.82, 2.24) is 4.57 Å². The van der Waals surface area contributed by atoms with Crippen LogP contribution in [0.4, 0.5) is 4.39 Å². The van der Waals surface area contributed by atoms with Gasteiger partial charge in [0.25, 0.3) is 0 Å². The summed E-state index contributed by atoms with van der Waals surface area (Å²) < 4.78 is 21.9. The van der Waals surface area contributed by atoms with Crippen LogP contribution in [0, 0.1) is 11.7 Å². The maximum Gasteiger partial charge on any atom is 0.306 e. The van der Waals surface area contributed by atoms with Crippen molar-refractivity contribution in [3.63, 3.8) is 0 Å². The number of halogens is 2. The molecule has 1 N–H and O–H groups in total. The van der Waals surface area contributed by atoms with Crippen LogP contribution in [0.5, 0.6) is 0 Å². The molecule has 1 aliphatic heterocycles. The van der Waals surface area contributed by atoms with Gasteiger partial charge in [-0.15, -0.1) is 0 Å². The highest BCUT2D eigenvalue weighted by Gasteiger charge is 2.34. The van der Waals surface area contributed by atoms with E-state index < -0.39 is 11.8 Å². The molecule has 2 aromatic carbocycles. The zero-order valence-corrected chi connectivity index (χ0v) is 18.7. The summed E-state index contributed by atoms with van der Waals surface area (Å²) in [7, 11) is 0. The van der Waals surface area contributed by atoms with Crippen LogP contribution in [-0.2, 0) is 9.53 Å². The third-order valence-corrected chi connectivity index (χ3v) is 7.50. The lowest BCUT2D eigenvalue weighted by molar-refractivity contribution is -0.142. The van der Waals surface area contributed by atoms with E-state index in [1.54, 1.807) is 12.1 Å². The van der Waals surface area contributed by atoms with Crippen LogP contribution in [0.2, 0.25) is 5.02 Å². The average Bonchev–Trinajstić information content (AvgIpc) is 3.17. The minimum atomic E-state index is -0.684. The monoisotopic (exact) mass is 455 g/mol. The van der Waals surface area contributed by atoms with Crippen LogP contribution in [-0.4, -0.2) is 28.9 Å². The summed E-state index contributed by atoms with van der Waals surface area (Å²) in [4.78, 5) is 11.5. The Morgan fingerprint density at radius 1 is 1.00 bits per heavy atom. The highest BCUT2D eigenvalue weighted by Crippen LogP contribution is 2.46. The molecule has 0 atom stereocenters. The Morgan fingerprint density at radius 2 is 1.72 bits per heavy atom. The summed E-state index contributed by atoms with van der Waals surface area (Å²) in [6.45, 7) is 1.45. The molecule has 168 valence electrons. The molecule has 0 radical (unpaired) electrons. The third-order valence-electron chi connectivity index (χ3n) is 7.21. The number of rotatable bonds is 4. The van der Waals surface area contributed by atoms with Crippen molar-refractivity contribution in [3.05, 3.63) is 64.6 Å². The Bertz CT molecular complexity index is 1140. The second-order valence-electron chi connectivity index (χ2n) is 9.02. The van der Waals surface area contributed by atoms with Gasteiger partial charge in [-0.25, -0.2) is 4.39 Å². The molecule has 2 fully saturated rings. The van der Waals surface area contributed by atoms with E-state index in [0.717, 1.165) is 50.1 Å². The predicted molar refractivity (Wildman–Crippen MR) is 123 cm³/mol. The van der Waals surface area contributed by atoms with Crippen molar-refractivity contribution < 1.29 is 19.0 Å². The van der Waals surface area contributed by atoms with Gasteiger partial charge in [0.2, 0.25) is 0 Å². The summed E-state index contributed by atoms with van der Waals surface area (Å²) in [5.74, 6) is -0.720. The highest BCUT2D eigenvalue weighted by molar-refractivity contribution is 6.30. The van der Waals surface area contributed by atoms with Crippen molar-refractivity contribution in [2.24, 2.45) is 5.92 Å². The minimum absolute atomic E-state index is 0.113. The van der Waals surface area contributed by atoms with Gasteiger partial charge >= 0.3 is 5.97 Å². The van der Waals surface area contributed by atoms with Gasteiger partial charge < -0.3 is 14.4 Å². The number of aliphatic carboxylic acids is 1. The Hall–Kier alpha value is -2.37. The van der Waals surface area contributed by atoms with Crippen molar-refractivity contribution in [2.75, 3.05) is 13.2 Å². The Balaban J connectivity index is 1.70. The first-order chi connectivity index (χ1) is 15.5. The standard InChI is InChI=1S/C26H27ClFNO3/c27-21-15-19(9-10-22(21)28)29-23-4-2-1-3-20(23)24(25(29)17-11-13-32-14-12-17)16-5-7-18(8-6-16)26(30)31/h1-4,9-10,15-18H,5-8,11-14H2,(H,30,31). The number of hydrogen-bond donors (Lipinski definition) is 1. The van der Waals surface area contributed by atoms with Gasteiger partial charge in [0.1, 0.15) is 5.82 Å². The van der Waals surface area contributed by atoms with Crippen LogP contribution < -0.4 is 0 Å². The minimum Gasteiger partial charge on any atom is -0.481 e. The normalized spacial score (nSPS) is 22.3. The van der Waals surface area contributed by atoms with E-state index in [0.29, 0.717) is 24.7 Å². The van der Waals surface area contributed by atoms with Gasteiger partial charge in [0.05, 0.1) is 16.5 Å². The van der Waals surface area contributed by atoms with Gasteiger partial charge in [-0.05, 0) is 74.3 Å². The van der Waals surface area contributed by atoms with Gasteiger partial charge in [0, 0.05) is 35.9 Å². The van der Waals surface area contributed by atoms with Gasteiger partial charge in [-0.2, -0.15) is 0 Å². The Kier molecular flexibility index (Phi) is 5.95. The molecule has 1 aliphatic carbocycles. The van der Waals surface area contributed by atoms with E-state index in [1.807, 2.05) is 6.07 Å². The number of fused-ring (bicyclic) bond motifs is 1. The van der Waals surface area contributed by atoms with Crippen molar-refractivity contribution in [1.29, 1.82) is 0 Å². The summed E-state index contributed by atoms with van der Waals surface area (Å²) in [6.07, 6.45) is 5.01. The number of hydrogen-bond acceptors (Lipinski definition) is 2. The van der Waals surface area contributed by atoms with Crippen LogP contribution in [0.3, 0.4) is 0 Å². The fourth-order valence-corrected chi connectivity index (χ4v) is 5.79. The van der Waals surface area contributed by atoms with Crippen LogP contribution >= 0.6 is 11.6 Å². The zero-order chi connectivity index (χ0) is 22.2. The van der Waals surface area contributed by atoms with Gasteiger partial charge in [-0.1, -0.05) is 29.8 Å². The number of benzene rings is 2. The molecule has 0 unspecified atom stereocenters. The van der Waals surface area contributed by atoms with Crippen molar-refractivity contribution in [2.45, 2.75) is 50.4 Å². The number of ether oxygens (including phenoxy) is 1. The largest absolute Gasteiger partial charge is 0.481 e. The Labute approximate surface area is 191 Å². The first-order valence-corrected chi connectivity index (χ1v) is 11.8. The van der Waals surface area contributed by atoms with Crippen molar-refractivity contribution in [3.8, 4) is 5.69 Å². The number of aromatic nitrogens is 1. The maximum absolute atomic E-state index is 14.0. The summed E-state index contributed by atoms with van der Waals surface area (Å²) >= 11 is 6.19. The second kappa shape index (κ2) is 8.87. The van der Waals surface area contributed by atoms with E-state index >= 15 is 0 Å². The van der Waals surface area contributed by atoms with Gasteiger partial charge in [0.15, 0.2) is 0 Å². The molecule has 4 nitrogen and oxygen atoms in total.